The van der Waals surface area contributed by atoms with E-state index in [-0.39, 0.29) is 23.8 Å². The first-order valence-corrected chi connectivity index (χ1v) is 8.81. The molecule has 0 bridgehead atoms. The van der Waals surface area contributed by atoms with Crippen molar-refractivity contribution in [2.45, 2.75) is 38.8 Å². The maximum Gasteiger partial charge on any atom is 0.239 e. The molecule has 0 aliphatic carbocycles. The molecule has 1 aromatic heterocycles. The van der Waals surface area contributed by atoms with Gasteiger partial charge in [0.15, 0.2) is 0 Å². The van der Waals surface area contributed by atoms with Crippen molar-refractivity contribution >= 4 is 23.2 Å². The highest BCUT2D eigenvalue weighted by Gasteiger charge is 2.32. The van der Waals surface area contributed by atoms with Gasteiger partial charge in [-0.05, 0) is 43.2 Å². The van der Waals surface area contributed by atoms with Crippen LogP contribution < -0.4 is 5.73 Å². The van der Waals surface area contributed by atoms with Crippen molar-refractivity contribution in [3.05, 3.63) is 21.9 Å². The molecule has 1 atom stereocenters. The van der Waals surface area contributed by atoms with Crippen molar-refractivity contribution in [2.24, 2.45) is 11.7 Å². The number of amides is 2. The van der Waals surface area contributed by atoms with E-state index in [2.05, 4.69) is 16.3 Å². The minimum Gasteiger partial charge on any atom is -0.369 e. The van der Waals surface area contributed by atoms with Crippen LogP contribution in [0.1, 0.15) is 30.2 Å². The van der Waals surface area contributed by atoms with Crippen LogP contribution in [0.15, 0.2) is 11.4 Å². The van der Waals surface area contributed by atoms with Crippen molar-refractivity contribution in [1.29, 1.82) is 0 Å². The van der Waals surface area contributed by atoms with Gasteiger partial charge < -0.3 is 10.6 Å². The lowest BCUT2D eigenvalue weighted by Gasteiger charge is -2.37. The number of likely N-dealkylation sites (tertiary alicyclic amines) is 1. The Hall–Kier alpha value is -1.40. The minimum atomic E-state index is -0.235. The zero-order valence-corrected chi connectivity index (χ0v) is 13.8. The maximum absolute atomic E-state index is 12.7. The number of hydrogen-bond donors (Lipinski definition) is 1. The van der Waals surface area contributed by atoms with Crippen LogP contribution in [0.5, 0.6) is 0 Å². The predicted octanol–water partition coefficient (Wildman–Crippen LogP) is 1.22. The van der Waals surface area contributed by atoms with E-state index in [0.29, 0.717) is 25.9 Å². The molecule has 3 rings (SSSR count). The molecule has 0 unspecified atom stereocenters. The Balaban J connectivity index is 1.58. The fraction of sp³-hybridized carbons (Fsp3) is 0.625. The number of hydrogen-bond acceptors (Lipinski definition) is 4. The summed E-state index contributed by atoms with van der Waals surface area (Å²) < 4.78 is 0. The Morgan fingerprint density at radius 3 is 2.73 bits per heavy atom. The van der Waals surface area contributed by atoms with E-state index in [4.69, 9.17) is 5.73 Å². The topological polar surface area (TPSA) is 66.6 Å². The third-order valence-electron chi connectivity index (χ3n) is 4.95. The van der Waals surface area contributed by atoms with Crippen LogP contribution >= 0.6 is 11.3 Å². The lowest BCUT2D eigenvalue weighted by Crippen LogP contribution is -2.51. The van der Waals surface area contributed by atoms with Crippen LogP contribution in [0.4, 0.5) is 0 Å². The molecule has 22 heavy (non-hydrogen) atoms. The second kappa shape index (κ2) is 6.38. The van der Waals surface area contributed by atoms with Crippen molar-refractivity contribution in [1.82, 2.24) is 9.80 Å². The molecule has 120 valence electrons. The molecule has 1 aromatic rings. The normalized spacial score (nSPS) is 21.4. The Kier molecular flexibility index (Phi) is 4.49. The summed E-state index contributed by atoms with van der Waals surface area (Å²) in [5.74, 6) is -0.120. The second-order valence-corrected chi connectivity index (χ2v) is 7.27. The van der Waals surface area contributed by atoms with Crippen LogP contribution in [0.25, 0.3) is 0 Å². The molecular formula is C16H23N3O2S. The van der Waals surface area contributed by atoms with Gasteiger partial charge in [-0.3, -0.25) is 14.5 Å². The van der Waals surface area contributed by atoms with Gasteiger partial charge in [-0.25, -0.2) is 0 Å². The molecule has 0 spiro atoms. The molecular weight excluding hydrogens is 298 g/mol. The number of nitrogens with two attached hydrogens (primary N) is 1. The largest absolute Gasteiger partial charge is 0.369 e. The average molecular weight is 321 g/mol. The maximum atomic E-state index is 12.7. The zero-order valence-electron chi connectivity index (χ0n) is 13.0. The van der Waals surface area contributed by atoms with Gasteiger partial charge in [0.05, 0.1) is 6.04 Å². The molecule has 0 aromatic carbocycles. The summed E-state index contributed by atoms with van der Waals surface area (Å²) in [6.45, 7) is 5.10. The fourth-order valence-corrected chi connectivity index (χ4v) is 4.30. The van der Waals surface area contributed by atoms with E-state index >= 15 is 0 Å². The molecule has 1 fully saturated rings. The molecule has 2 aliphatic heterocycles. The molecule has 5 nitrogen and oxygen atoms in total. The number of rotatable bonds is 3. The van der Waals surface area contributed by atoms with Crippen LogP contribution in [0.3, 0.4) is 0 Å². The van der Waals surface area contributed by atoms with E-state index in [1.165, 1.54) is 10.4 Å². The lowest BCUT2D eigenvalue weighted by atomic mass is 9.95. The van der Waals surface area contributed by atoms with Gasteiger partial charge in [0.2, 0.25) is 11.8 Å². The van der Waals surface area contributed by atoms with E-state index in [1.54, 1.807) is 0 Å². The van der Waals surface area contributed by atoms with Crippen LogP contribution in [-0.4, -0.2) is 47.3 Å². The molecule has 0 saturated carbocycles. The third kappa shape index (κ3) is 3.03. The summed E-state index contributed by atoms with van der Waals surface area (Å²) in [4.78, 5) is 29.5. The Bertz CT molecular complexity index is 563. The lowest BCUT2D eigenvalue weighted by molar-refractivity contribution is -0.139. The number of carbonyl (C=O) groups excluding carboxylic acids is 2. The SMILES string of the molecule is C[C@@H](C(=O)N1CCC(C(N)=O)CC1)N1CCc2sccc2C1. The summed E-state index contributed by atoms with van der Waals surface area (Å²) in [5, 5.41) is 2.13. The average Bonchev–Trinajstić information content (AvgIpc) is 3.01. The van der Waals surface area contributed by atoms with Gasteiger partial charge in [0, 0.05) is 37.0 Å². The first-order chi connectivity index (χ1) is 10.6. The summed E-state index contributed by atoms with van der Waals surface area (Å²) in [5.41, 5.74) is 6.72. The first kappa shape index (κ1) is 15.5. The molecule has 1 saturated heterocycles. The fourth-order valence-electron chi connectivity index (χ4n) is 3.41. The highest BCUT2D eigenvalue weighted by Crippen LogP contribution is 2.26. The Morgan fingerprint density at radius 1 is 1.32 bits per heavy atom. The van der Waals surface area contributed by atoms with E-state index in [0.717, 1.165) is 19.5 Å². The van der Waals surface area contributed by atoms with Gasteiger partial charge in [-0.1, -0.05) is 0 Å². The van der Waals surface area contributed by atoms with Crippen molar-refractivity contribution in [2.75, 3.05) is 19.6 Å². The molecule has 3 heterocycles. The first-order valence-electron chi connectivity index (χ1n) is 7.93. The van der Waals surface area contributed by atoms with Crippen molar-refractivity contribution in [3.63, 3.8) is 0 Å². The summed E-state index contributed by atoms with van der Waals surface area (Å²) in [6, 6.07) is 2.07. The zero-order chi connectivity index (χ0) is 15.7. The highest BCUT2D eigenvalue weighted by molar-refractivity contribution is 7.10. The monoisotopic (exact) mass is 321 g/mol. The van der Waals surface area contributed by atoms with Crippen LogP contribution in [0.2, 0.25) is 0 Å². The molecule has 2 aliphatic rings. The molecule has 2 amide bonds. The summed E-state index contributed by atoms with van der Waals surface area (Å²) in [7, 11) is 0. The number of carbonyl (C=O) groups is 2. The second-order valence-electron chi connectivity index (χ2n) is 6.27. The van der Waals surface area contributed by atoms with Crippen molar-refractivity contribution in [3.8, 4) is 0 Å². The Labute approximate surface area is 135 Å². The smallest absolute Gasteiger partial charge is 0.239 e. The third-order valence-corrected chi connectivity index (χ3v) is 5.97. The quantitative estimate of drug-likeness (QED) is 0.910. The number of primary amides is 1. The highest BCUT2D eigenvalue weighted by atomic mass is 32.1. The Morgan fingerprint density at radius 2 is 2.05 bits per heavy atom. The van der Waals surface area contributed by atoms with E-state index in [1.807, 2.05) is 23.2 Å². The molecule has 2 N–H and O–H groups in total. The van der Waals surface area contributed by atoms with E-state index in [9.17, 15) is 9.59 Å². The molecule has 0 radical (unpaired) electrons. The minimum absolute atomic E-state index is 0.0669. The number of nitrogens with zero attached hydrogens (tertiary/aromatic N) is 2. The van der Waals surface area contributed by atoms with Gasteiger partial charge in [-0.2, -0.15) is 0 Å². The number of thiophene rings is 1. The summed E-state index contributed by atoms with van der Waals surface area (Å²) in [6.07, 6.45) is 2.43. The van der Waals surface area contributed by atoms with Gasteiger partial charge >= 0.3 is 0 Å². The van der Waals surface area contributed by atoms with Gasteiger partial charge in [-0.15, -0.1) is 11.3 Å². The standard InChI is InChI=1S/C16H23N3O2S/c1-11(19-8-4-14-13(10-19)5-9-22-14)16(21)18-6-2-12(3-7-18)15(17)20/h5,9,11-12H,2-4,6-8,10H2,1H3,(H2,17,20)/t11-/m0/s1. The summed E-state index contributed by atoms with van der Waals surface area (Å²) >= 11 is 1.81. The van der Waals surface area contributed by atoms with Gasteiger partial charge in [0.25, 0.3) is 0 Å². The van der Waals surface area contributed by atoms with E-state index < -0.39 is 0 Å². The predicted molar refractivity (Wildman–Crippen MR) is 86.4 cm³/mol. The van der Waals surface area contributed by atoms with Crippen LogP contribution in [0, 0.1) is 5.92 Å². The number of fused-ring (bicyclic) bond motifs is 1. The number of piperidine rings is 1. The molecule has 6 heteroatoms. The van der Waals surface area contributed by atoms with Crippen LogP contribution in [-0.2, 0) is 22.6 Å². The van der Waals surface area contributed by atoms with Gasteiger partial charge in [0.1, 0.15) is 0 Å². The van der Waals surface area contributed by atoms with Crippen molar-refractivity contribution < 1.29 is 9.59 Å².